The van der Waals surface area contributed by atoms with Crippen molar-refractivity contribution in [2.24, 2.45) is 0 Å². The second kappa shape index (κ2) is 5.84. The molecule has 3 heterocycles. The number of hydrogen-bond acceptors (Lipinski definition) is 5. The fraction of sp³-hybridized carbons (Fsp3) is 0.238. The SMILES string of the molecule is O=C1CC2(C(=O)OC(CO)C2c2c[nH]c3ccccc23)c2ccc(O)cc2N1. The van der Waals surface area contributed by atoms with E-state index >= 15 is 0 Å². The molecule has 3 aromatic rings. The van der Waals surface area contributed by atoms with Gasteiger partial charge in [0, 0.05) is 41.2 Å². The van der Waals surface area contributed by atoms with Gasteiger partial charge in [-0.1, -0.05) is 24.3 Å². The van der Waals surface area contributed by atoms with E-state index in [9.17, 15) is 19.8 Å². The highest BCUT2D eigenvalue weighted by atomic mass is 16.6. The van der Waals surface area contributed by atoms with E-state index < -0.39 is 23.4 Å². The van der Waals surface area contributed by atoms with Crippen LogP contribution in [-0.2, 0) is 19.7 Å². The predicted molar refractivity (Wildman–Crippen MR) is 101 cm³/mol. The average Bonchev–Trinajstić information content (AvgIpc) is 3.20. The van der Waals surface area contributed by atoms with Crippen LogP contribution in [0.3, 0.4) is 0 Å². The molecule has 7 heteroatoms. The zero-order valence-corrected chi connectivity index (χ0v) is 14.8. The van der Waals surface area contributed by atoms with Gasteiger partial charge in [-0.2, -0.15) is 0 Å². The van der Waals surface area contributed by atoms with Crippen LogP contribution in [0.2, 0.25) is 0 Å². The average molecular weight is 378 g/mol. The number of carbonyl (C=O) groups excluding carboxylic acids is 2. The van der Waals surface area contributed by atoms with Crippen molar-refractivity contribution in [3.63, 3.8) is 0 Å². The zero-order chi connectivity index (χ0) is 19.5. The Morgan fingerprint density at radius 3 is 2.82 bits per heavy atom. The topological polar surface area (TPSA) is 112 Å². The summed E-state index contributed by atoms with van der Waals surface area (Å²) in [5, 5.41) is 23.5. The summed E-state index contributed by atoms with van der Waals surface area (Å²) in [5.41, 5.74) is 1.41. The van der Waals surface area contributed by atoms with E-state index in [1.54, 1.807) is 6.07 Å². The number of para-hydroxylation sites is 1. The Labute approximate surface area is 159 Å². The van der Waals surface area contributed by atoms with Crippen molar-refractivity contribution in [1.29, 1.82) is 0 Å². The molecule has 2 aromatic carbocycles. The van der Waals surface area contributed by atoms with E-state index in [0.717, 1.165) is 16.5 Å². The fourth-order valence-electron chi connectivity index (χ4n) is 4.74. The van der Waals surface area contributed by atoms with Crippen LogP contribution in [0.15, 0.2) is 48.7 Å². The normalized spacial score (nSPS) is 26.3. The van der Waals surface area contributed by atoms with Gasteiger partial charge in [-0.25, -0.2) is 0 Å². The summed E-state index contributed by atoms with van der Waals surface area (Å²) in [5.74, 6) is -1.44. The molecule has 0 saturated carbocycles. The van der Waals surface area contributed by atoms with Gasteiger partial charge in [0.25, 0.3) is 0 Å². The minimum absolute atomic E-state index is 0.00943. The van der Waals surface area contributed by atoms with Crippen molar-refractivity contribution in [3.8, 4) is 5.75 Å². The van der Waals surface area contributed by atoms with Gasteiger partial charge in [0.05, 0.1) is 6.61 Å². The highest BCUT2D eigenvalue weighted by Crippen LogP contribution is 2.55. The molecule has 1 spiro atoms. The third-order valence-electron chi connectivity index (χ3n) is 5.86. The van der Waals surface area contributed by atoms with Crippen molar-refractivity contribution >= 4 is 28.5 Å². The van der Waals surface area contributed by atoms with Gasteiger partial charge in [-0.05, 0) is 23.3 Å². The van der Waals surface area contributed by atoms with Gasteiger partial charge < -0.3 is 25.3 Å². The number of nitrogens with one attached hydrogen (secondary N) is 2. The first kappa shape index (κ1) is 16.8. The van der Waals surface area contributed by atoms with Crippen molar-refractivity contribution in [3.05, 3.63) is 59.8 Å². The molecular weight excluding hydrogens is 360 g/mol. The highest BCUT2D eigenvalue weighted by Gasteiger charge is 2.62. The smallest absolute Gasteiger partial charge is 0.318 e. The number of aromatic hydroxyl groups is 1. The molecule has 3 unspecified atom stereocenters. The highest BCUT2D eigenvalue weighted by molar-refractivity contribution is 6.04. The molecule has 7 nitrogen and oxygen atoms in total. The number of aromatic nitrogens is 1. The number of phenols is 1. The molecule has 4 N–H and O–H groups in total. The van der Waals surface area contributed by atoms with Gasteiger partial charge in [0.15, 0.2) is 0 Å². The molecule has 0 bridgehead atoms. The second-order valence-corrected chi connectivity index (χ2v) is 7.32. The Hall–Kier alpha value is -3.32. The van der Waals surface area contributed by atoms with Crippen LogP contribution >= 0.6 is 0 Å². The molecule has 0 aliphatic carbocycles. The quantitative estimate of drug-likeness (QED) is 0.511. The number of aliphatic hydroxyl groups excluding tert-OH is 1. The minimum Gasteiger partial charge on any atom is -0.508 e. The number of phenolic OH excluding ortho intramolecular Hbond substituents is 1. The van der Waals surface area contributed by atoms with Crippen LogP contribution in [-0.4, -0.2) is 39.8 Å². The first-order valence-corrected chi connectivity index (χ1v) is 9.06. The Bertz CT molecular complexity index is 1120. The number of aromatic amines is 1. The molecule has 28 heavy (non-hydrogen) atoms. The monoisotopic (exact) mass is 378 g/mol. The zero-order valence-electron chi connectivity index (χ0n) is 14.8. The number of ether oxygens (including phenoxy) is 1. The van der Waals surface area contributed by atoms with Crippen molar-refractivity contribution in [2.75, 3.05) is 11.9 Å². The molecule has 0 radical (unpaired) electrons. The number of rotatable bonds is 2. The Balaban J connectivity index is 1.80. The van der Waals surface area contributed by atoms with Crippen LogP contribution in [0.1, 0.15) is 23.5 Å². The van der Waals surface area contributed by atoms with Gasteiger partial charge in [0.2, 0.25) is 5.91 Å². The lowest BCUT2D eigenvalue weighted by atomic mass is 9.63. The molecule has 3 atom stereocenters. The maximum absolute atomic E-state index is 13.2. The number of fused-ring (bicyclic) bond motifs is 3. The molecule has 1 amide bonds. The van der Waals surface area contributed by atoms with E-state index in [4.69, 9.17) is 4.74 Å². The maximum atomic E-state index is 13.2. The summed E-state index contributed by atoms with van der Waals surface area (Å²) < 4.78 is 5.58. The summed E-state index contributed by atoms with van der Waals surface area (Å²) in [6.07, 6.45) is 0.942. The molecule has 5 rings (SSSR count). The van der Waals surface area contributed by atoms with Crippen LogP contribution in [0.5, 0.6) is 5.75 Å². The number of benzene rings is 2. The van der Waals surface area contributed by atoms with Crippen LogP contribution in [0.4, 0.5) is 5.69 Å². The Kier molecular flexibility index (Phi) is 3.51. The van der Waals surface area contributed by atoms with E-state index in [1.807, 2.05) is 30.5 Å². The lowest BCUT2D eigenvalue weighted by Crippen LogP contribution is -2.45. The third kappa shape index (κ3) is 2.13. The number of aliphatic hydroxyl groups is 1. The second-order valence-electron chi connectivity index (χ2n) is 7.32. The molecular formula is C21H18N2O5. The molecule has 2 aliphatic heterocycles. The minimum atomic E-state index is -1.27. The Morgan fingerprint density at radius 1 is 1.18 bits per heavy atom. The van der Waals surface area contributed by atoms with Gasteiger partial charge in [-0.3, -0.25) is 9.59 Å². The number of cyclic esters (lactones) is 1. The summed E-state index contributed by atoms with van der Waals surface area (Å²) in [6.45, 7) is -0.354. The first-order chi connectivity index (χ1) is 13.5. The fourth-order valence-corrected chi connectivity index (χ4v) is 4.74. The van der Waals surface area contributed by atoms with E-state index in [2.05, 4.69) is 10.3 Å². The number of hydrogen-bond donors (Lipinski definition) is 4. The lowest BCUT2D eigenvalue weighted by molar-refractivity contribution is -0.148. The number of amides is 1. The third-order valence-corrected chi connectivity index (χ3v) is 5.86. The van der Waals surface area contributed by atoms with Crippen LogP contribution in [0.25, 0.3) is 10.9 Å². The van der Waals surface area contributed by atoms with Crippen molar-refractivity contribution in [1.82, 2.24) is 4.98 Å². The molecule has 1 fully saturated rings. The summed E-state index contributed by atoms with van der Waals surface area (Å²) in [4.78, 5) is 28.9. The molecule has 1 saturated heterocycles. The van der Waals surface area contributed by atoms with Crippen LogP contribution < -0.4 is 5.32 Å². The summed E-state index contributed by atoms with van der Waals surface area (Å²) in [6, 6.07) is 12.2. The molecule has 1 aromatic heterocycles. The lowest BCUT2D eigenvalue weighted by Gasteiger charge is -2.37. The van der Waals surface area contributed by atoms with E-state index in [1.165, 1.54) is 12.1 Å². The van der Waals surface area contributed by atoms with Crippen molar-refractivity contribution < 1.29 is 24.5 Å². The van der Waals surface area contributed by atoms with Crippen molar-refractivity contribution in [2.45, 2.75) is 23.9 Å². The summed E-state index contributed by atoms with van der Waals surface area (Å²) >= 11 is 0. The number of anilines is 1. The summed E-state index contributed by atoms with van der Waals surface area (Å²) in [7, 11) is 0. The number of esters is 1. The van der Waals surface area contributed by atoms with Crippen LogP contribution in [0, 0.1) is 0 Å². The largest absolute Gasteiger partial charge is 0.508 e. The predicted octanol–water partition coefficient (Wildman–Crippen LogP) is 2.15. The number of H-pyrrole nitrogens is 1. The maximum Gasteiger partial charge on any atom is 0.318 e. The molecule has 142 valence electrons. The molecule has 2 aliphatic rings. The number of carbonyl (C=O) groups is 2. The van der Waals surface area contributed by atoms with E-state index in [0.29, 0.717) is 11.3 Å². The Morgan fingerprint density at radius 2 is 2.00 bits per heavy atom. The standard InChI is InChI=1S/C21H18N2O5/c24-10-17-19(13-9-22-15-4-2-1-3-12(13)15)21(20(27)28-17)8-18(26)23-16-7-11(25)5-6-14(16)21/h1-7,9,17,19,22,24-25H,8,10H2,(H,23,26). The van der Waals surface area contributed by atoms with Gasteiger partial charge in [-0.15, -0.1) is 0 Å². The van der Waals surface area contributed by atoms with E-state index in [-0.39, 0.29) is 24.7 Å². The van der Waals surface area contributed by atoms with Gasteiger partial charge in [0.1, 0.15) is 17.3 Å². The van der Waals surface area contributed by atoms with Gasteiger partial charge >= 0.3 is 5.97 Å². The first-order valence-electron chi connectivity index (χ1n) is 9.06.